The van der Waals surface area contributed by atoms with Crippen LogP contribution < -0.4 is 0 Å². The van der Waals surface area contributed by atoms with Gasteiger partial charge in [0, 0.05) is 11.1 Å². The molecule has 0 saturated heterocycles. The molecule has 0 radical (unpaired) electrons. The maximum Gasteiger partial charge on any atom is 0.358 e. The van der Waals surface area contributed by atoms with Crippen LogP contribution in [0.2, 0.25) is 0 Å². The van der Waals surface area contributed by atoms with Gasteiger partial charge >= 0.3 is 5.97 Å². The van der Waals surface area contributed by atoms with Crippen LogP contribution in [0.1, 0.15) is 18.2 Å². The first kappa shape index (κ1) is 13.2. The van der Waals surface area contributed by atoms with Crippen LogP contribution in [0, 0.1) is 13.8 Å². The Morgan fingerprint density at radius 2 is 2.05 bits per heavy atom. The van der Waals surface area contributed by atoms with Crippen LogP contribution in [0.15, 0.2) is 30.5 Å². The smallest absolute Gasteiger partial charge is 0.358 e. The molecule has 0 unspecified atom stereocenters. The zero-order valence-electron chi connectivity index (χ0n) is 11.3. The maximum absolute atomic E-state index is 11.9. The molecule has 19 heavy (non-hydrogen) atoms. The Kier molecular flexibility index (Phi) is 3.60. The van der Waals surface area contributed by atoms with E-state index in [1.807, 2.05) is 38.1 Å². The Hall–Kier alpha value is -2.23. The van der Waals surface area contributed by atoms with E-state index < -0.39 is 5.97 Å². The molecule has 4 nitrogen and oxygen atoms in total. The van der Waals surface area contributed by atoms with Crippen molar-refractivity contribution in [3.05, 3.63) is 41.8 Å². The molecule has 0 bridgehead atoms. The van der Waals surface area contributed by atoms with Gasteiger partial charge in [0.15, 0.2) is 5.70 Å². The van der Waals surface area contributed by atoms with Crippen LogP contribution in [0.3, 0.4) is 0 Å². The molecule has 1 heterocycles. The van der Waals surface area contributed by atoms with Gasteiger partial charge in [-0.1, -0.05) is 18.2 Å². The minimum Gasteiger partial charge on any atom is -0.513 e. The first-order valence-electron chi connectivity index (χ1n) is 6.20. The highest BCUT2D eigenvalue weighted by Crippen LogP contribution is 2.28. The van der Waals surface area contributed by atoms with E-state index in [9.17, 15) is 9.90 Å². The average molecular weight is 259 g/mol. The number of aryl methyl sites for hydroxylation is 1. The van der Waals surface area contributed by atoms with Crippen molar-refractivity contribution in [3.8, 4) is 0 Å². The van der Waals surface area contributed by atoms with E-state index in [2.05, 4.69) is 0 Å². The highest BCUT2D eigenvalue weighted by atomic mass is 16.5. The number of hydrogen-bond acceptors (Lipinski definition) is 3. The van der Waals surface area contributed by atoms with Crippen molar-refractivity contribution < 1.29 is 14.6 Å². The third-order valence-electron chi connectivity index (χ3n) is 3.27. The lowest BCUT2D eigenvalue weighted by molar-refractivity contribution is -0.136. The van der Waals surface area contributed by atoms with Crippen molar-refractivity contribution in [2.45, 2.75) is 20.8 Å². The van der Waals surface area contributed by atoms with Gasteiger partial charge in [-0.3, -0.25) is 0 Å². The fourth-order valence-electron chi connectivity index (χ4n) is 2.25. The summed E-state index contributed by atoms with van der Waals surface area (Å²) in [4.78, 5) is 11.9. The second-order valence-electron chi connectivity index (χ2n) is 4.30. The van der Waals surface area contributed by atoms with Gasteiger partial charge in [0.1, 0.15) is 6.26 Å². The largest absolute Gasteiger partial charge is 0.513 e. The highest BCUT2D eigenvalue weighted by molar-refractivity contribution is 6.12. The van der Waals surface area contributed by atoms with Gasteiger partial charge in [0.25, 0.3) is 0 Å². The summed E-state index contributed by atoms with van der Waals surface area (Å²) in [5.41, 5.74) is 3.00. The van der Waals surface area contributed by atoms with Gasteiger partial charge in [0.2, 0.25) is 0 Å². The van der Waals surface area contributed by atoms with Crippen LogP contribution in [0.5, 0.6) is 0 Å². The highest BCUT2D eigenvalue weighted by Gasteiger charge is 2.19. The van der Waals surface area contributed by atoms with E-state index in [1.165, 1.54) is 0 Å². The standard InChI is InChI=1S/C15H17NO3/c1-4-19-15(18)14(9-17)16-11(3)10(2)12-7-5-6-8-13(12)16/h5-9,17H,4H2,1-3H3. The summed E-state index contributed by atoms with van der Waals surface area (Å²) >= 11 is 0. The first-order valence-corrected chi connectivity index (χ1v) is 6.20. The molecule has 0 aliphatic carbocycles. The van der Waals surface area contributed by atoms with Crippen molar-refractivity contribution in [3.63, 3.8) is 0 Å². The number of hydrogen-bond donors (Lipinski definition) is 1. The number of nitrogens with zero attached hydrogens (tertiary/aromatic N) is 1. The summed E-state index contributed by atoms with van der Waals surface area (Å²) in [6.45, 7) is 5.92. The number of esters is 1. The van der Waals surface area contributed by atoms with Crippen LogP contribution in [-0.2, 0) is 9.53 Å². The number of aliphatic hydroxyl groups excluding tert-OH is 1. The van der Waals surface area contributed by atoms with Gasteiger partial charge < -0.3 is 14.4 Å². The minimum absolute atomic E-state index is 0.128. The van der Waals surface area contributed by atoms with Gasteiger partial charge in [-0.15, -0.1) is 0 Å². The summed E-state index contributed by atoms with van der Waals surface area (Å²) in [6.07, 6.45) is 0.802. The number of aromatic nitrogens is 1. The molecule has 2 aromatic rings. The lowest BCUT2D eigenvalue weighted by Gasteiger charge is -2.10. The molecule has 0 fully saturated rings. The molecule has 0 atom stereocenters. The molecule has 0 aliphatic heterocycles. The van der Waals surface area contributed by atoms with E-state index in [-0.39, 0.29) is 12.3 Å². The molecule has 100 valence electrons. The molecule has 0 spiro atoms. The summed E-state index contributed by atoms with van der Waals surface area (Å²) in [6, 6.07) is 7.76. The van der Waals surface area contributed by atoms with Crippen molar-refractivity contribution in [1.29, 1.82) is 0 Å². The summed E-state index contributed by atoms with van der Waals surface area (Å²) in [7, 11) is 0. The topological polar surface area (TPSA) is 51.5 Å². The number of fused-ring (bicyclic) bond motifs is 1. The molecule has 2 rings (SSSR count). The average Bonchev–Trinajstić information content (AvgIpc) is 2.66. The molecule has 1 aromatic heterocycles. The summed E-state index contributed by atoms with van der Waals surface area (Å²) < 4.78 is 6.70. The molecule has 1 aromatic carbocycles. The van der Waals surface area contributed by atoms with Gasteiger partial charge in [-0.2, -0.15) is 0 Å². The van der Waals surface area contributed by atoms with Crippen molar-refractivity contribution in [2.24, 2.45) is 0 Å². The third-order valence-corrected chi connectivity index (χ3v) is 3.27. The zero-order valence-corrected chi connectivity index (χ0v) is 11.3. The van der Waals surface area contributed by atoms with Crippen LogP contribution in [-0.4, -0.2) is 22.2 Å². The molecular formula is C15H17NO3. The third kappa shape index (κ3) is 2.10. The van der Waals surface area contributed by atoms with Crippen molar-refractivity contribution in [1.82, 2.24) is 4.57 Å². The van der Waals surface area contributed by atoms with E-state index in [0.717, 1.165) is 28.4 Å². The first-order chi connectivity index (χ1) is 9.11. The maximum atomic E-state index is 11.9. The fraction of sp³-hybridized carbons (Fsp3) is 0.267. The Bertz CT molecular complexity index is 653. The molecule has 0 saturated carbocycles. The Labute approximate surface area is 111 Å². The quantitative estimate of drug-likeness (QED) is 0.523. The number of carbonyl (C=O) groups excluding carboxylic acids is 1. The molecule has 0 aliphatic rings. The molecule has 0 amide bonds. The van der Waals surface area contributed by atoms with Crippen molar-refractivity contribution >= 4 is 22.6 Å². The van der Waals surface area contributed by atoms with E-state index >= 15 is 0 Å². The Balaban J connectivity index is 2.68. The normalized spacial score (nSPS) is 11.8. The summed E-state index contributed by atoms with van der Waals surface area (Å²) in [5.74, 6) is -0.533. The van der Waals surface area contributed by atoms with E-state index in [4.69, 9.17) is 4.74 Å². The van der Waals surface area contributed by atoms with Crippen LogP contribution in [0.25, 0.3) is 16.6 Å². The predicted molar refractivity (Wildman–Crippen MR) is 74.9 cm³/mol. The molecule has 4 heteroatoms. The SMILES string of the molecule is CCOC(=O)C(=CO)n1c(C)c(C)c2ccccc21. The van der Waals surface area contributed by atoms with Crippen LogP contribution in [0.4, 0.5) is 0 Å². The monoisotopic (exact) mass is 259 g/mol. The number of rotatable bonds is 3. The fourth-order valence-corrected chi connectivity index (χ4v) is 2.25. The predicted octanol–water partition coefficient (Wildman–Crippen LogP) is 3.18. The number of carbonyl (C=O) groups is 1. The lowest BCUT2D eigenvalue weighted by Crippen LogP contribution is -2.13. The Morgan fingerprint density at radius 3 is 2.68 bits per heavy atom. The number of ether oxygens (including phenoxy) is 1. The number of benzene rings is 1. The second kappa shape index (κ2) is 5.18. The van der Waals surface area contributed by atoms with E-state index in [1.54, 1.807) is 11.5 Å². The molecular weight excluding hydrogens is 242 g/mol. The van der Waals surface area contributed by atoms with Crippen molar-refractivity contribution in [2.75, 3.05) is 6.61 Å². The number of para-hydroxylation sites is 1. The van der Waals surface area contributed by atoms with Gasteiger partial charge in [-0.25, -0.2) is 4.79 Å². The van der Waals surface area contributed by atoms with Gasteiger partial charge in [-0.05, 0) is 32.4 Å². The van der Waals surface area contributed by atoms with Gasteiger partial charge in [0.05, 0.1) is 12.1 Å². The zero-order chi connectivity index (χ0) is 14.0. The lowest BCUT2D eigenvalue weighted by atomic mass is 10.2. The minimum atomic E-state index is -0.533. The Morgan fingerprint density at radius 1 is 1.37 bits per heavy atom. The summed E-state index contributed by atoms with van der Waals surface area (Å²) in [5, 5.41) is 10.4. The van der Waals surface area contributed by atoms with E-state index in [0.29, 0.717) is 0 Å². The molecule has 1 N–H and O–H groups in total. The van der Waals surface area contributed by atoms with Crippen LogP contribution >= 0.6 is 0 Å². The number of aliphatic hydroxyl groups is 1. The second-order valence-corrected chi connectivity index (χ2v) is 4.30.